The van der Waals surface area contributed by atoms with Gasteiger partial charge in [0.25, 0.3) is 5.91 Å². The molecule has 7 heteroatoms. The molecule has 1 saturated heterocycles. The molecule has 192 valence electrons. The predicted octanol–water partition coefficient (Wildman–Crippen LogP) is 4.98. The van der Waals surface area contributed by atoms with Gasteiger partial charge in [0.05, 0.1) is 16.8 Å². The number of rotatable bonds is 6. The molecule has 0 unspecified atom stereocenters. The molecule has 0 aromatic carbocycles. The van der Waals surface area contributed by atoms with Crippen LogP contribution in [0.25, 0.3) is 10.2 Å². The van der Waals surface area contributed by atoms with Crippen LogP contribution in [0.4, 0.5) is 0 Å². The Balaban J connectivity index is 1.35. The first-order chi connectivity index (χ1) is 16.7. The van der Waals surface area contributed by atoms with Gasteiger partial charge in [0.2, 0.25) is 5.91 Å². The lowest BCUT2D eigenvalue weighted by Gasteiger charge is -2.45. The van der Waals surface area contributed by atoms with Crippen molar-refractivity contribution in [3.63, 3.8) is 0 Å². The Kier molecular flexibility index (Phi) is 7.01. The molecule has 3 atom stereocenters. The van der Waals surface area contributed by atoms with Gasteiger partial charge in [0, 0.05) is 25.7 Å². The highest BCUT2D eigenvalue weighted by Crippen LogP contribution is 2.35. The number of nitrogens with zero attached hydrogens (tertiary/aromatic N) is 3. The standard InChI is InChI=1S/C28H42N4O2S/c1-19-6-8-22(9-7-19)29-27(34)28(4)18-31-23-10-13-35-25(23)15-24(31)26(33)32(28)12-5-11-30-16-20(2)14-21(3)17-30/h10,13,15,19-22H,5-9,11-12,14,16-18H2,1-4H3,(H,29,34)/t19?,20-,21-,22?,28-/m0/s1. The maximum Gasteiger partial charge on any atom is 0.271 e. The zero-order chi connectivity index (χ0) is 24.7. The highest BCUT2D eigenvalue weighted by atomic mass is 32.1. The molecular weight excluding hydrogens is 456 g/mol. The van der Waals surface area contributed by atoms with Crippen molar-refractivity contribution in [3.05, 3.63) is 23.2 Å². The van der Waals surface area contributed by atoms with Crippen molar-refractivity contribution in [3.8, 4) is 0 Å². The van der Waals surface area contributed by atoms with Gasteiger partial charge in [-0.3, -0.25) is 9.59 Å². The fourth-order valence-corrected chi connectivity index (χ4v) is 7.62. The van der Waals surface area contributed by atoms with Gasteiger partial charge >= 0.3 is 0 Å². The van der Waals surface area contributed by atoms with Crippen molar-refractivity contribution >= 4 is 33.4 Å². The number of carbonyl (C=O) groups excluding carboxylic acids is 2. The van der Waals surface area contributed by atoms with Crippen LogP contribution in [0.5, 0.6) is 0 Å². The van der Waals surface area contributed by atoms with E-state index < -0.39 is 5.54 Å². The molecule has 2 aliphatic heterocycles. The zero-order valence-corrected chi connectivity index (χ0v) is 22.7. The van der Waals surface area contributed by atoms with Gasteiger partial charge in [0.1, 0.15) is 11.2 Å². The molecule has 2 fully saturated rings. The Labute approximate surface area is 214 Å². The minimum Gasteiger partial charge on any atom is -0.351 e. The Hall–Kier alpha value is -1.86. The quantitative estimate of drug-likeness (QED) is 0.611. The molecule has 3 aliphatic rings. The molecular formula is C28H42N4O2S. The summed E-state index contributed by atoms with van der Waals surface area (Å²) in [7, 11) is 0. The van der Waals surface area contributed by atoms with Crippen molar-refractivity contribution < 1.29 is 9.59 Å². The van der Waals surface area contributed by atoms with Gasteiger partial charge in [-0.1, -0.05) is 20.8 Å². The van der Waals surface area contributed by atoms with E-state index in [1.165, 1.54) is 6.42 Å². The maximum atomic E-state index is 13.9. The van der Waals surface area contributed by atoms with Crippen molar-refractivity contribution in [2.75, 3.05) is 26.2 Å². The molecule has 0 bridgehead atoms. The van der Waals surface area contributed by atoms with Crippen LogP contribution in [0, 0.1) is 17.8 Å². The van der Waals surface area contributed by atoms with Gasteiger partial charge in [-0.2, -0.15) is 0 Å². The number of nitrogens with one attached hydrogen (secondary N) is 1. The molecule has 4 heterocycles. The highest BCUT2D eigenvalue weighted by molar-refractivity contribution is 7.17. The molecule has 5 rings (SSSR count). The molecule has 2 aromatic heterocycles. The SMILES string of the molecule is CC1CCC(NC(=O)[C@]2(C)Cn3c(cc4sccc43)C(=O)N2CCCN2C[C@@H](C)C[C@H](C)C2)CC1. The summed E-state index contributed by atoms with van der Waals surface area (Å²) in [6.45, 7) is 13.3. The minimum absolute atomic E-state index is 0.00468. The first-order valence-electron chi connectivity index (χ1n) is 13.7. The van der Waals surface area contributed by atoms with Crippen molar-refractivity contribution in [2.45, 2.75) is 84.3 Å². The molecule has 0 spiro atoms. The molecule has 1 saturated carbocycles. The van der Waals surface area contributed by atoms with Crippen LogP contribution in [0.15, 0.2) is 17.5 Å². The lowest BCUT2D eigenvalue weighted by Crippen LogP contribution is -2.65. The fourth-order valence-electron chi connectivity index (χ4n) is 6.80. The smallest absolute Gasteiger partial charge is 0.271 e. The minimum atomic E-state index is -0.885. The largest absolute Gasteiger partial charge is 0.351 e. The first kappa shape index (κ1) is 24.8. The Morgan fingerprint density at radius 2 is 1.80 bits per heavy atom. The van der Waals surface area contributed by atoms with Crippen LogP contribution in [0.1, 0.15) is 76.7 Å². The number of fused-ring (bicyclic) bond motifs is 3. The molecule has 1 aliphatic carbocycles. The van der Waals surface area contributed by atoms with Crippen molar-refractivity contribution in [1.82, 2.24) is 19.7 Å². The lowest BCUT2D eigenvalue weighted by molar-refractivity contribution is -0.133. The summed E-state index contributed by atoms with van der Waals surface area (Å²) in [6.07, 6.45) is 6.58. The van der Waals surface area contributed by atoms with E-state index in [0.717, 1.165) is 85.4 Å². The third-order valence-electron chi connectivity index (χ3n) is 8.69. The Morgan fingerprint density at radius 1 is 1.09 bits per heavy atom. The number of aromatic nitrogens is 1. The van der Waals surface area contributed by atoms with E-state index in [-0.39, 0.29) is 17.9 Å². The van der Waals surface area contributed by atoms with Crippen molar-refractivity contribution in [2.24, 2.45) is 17.8 Å². The third kappa shape index (κ3) is 4.91. The van der Waals surface area contributed by atoms with Gasteiger partial charge in [-0.15, -0.1) is 11.3 Å². The summed E-state index contributed by atoms with van der Waals surface area (Å²) < 4.78 is 3.21. The second-order valence-corrected chi connectivity index (χ2v) is 13.0. The van der Waals surface area contributed by atoms with E-state index in [1.54, 1.807) is 11.3 Å². The van der Waals surface area contributed by atoms with E-state index in [2.05, 4.69) is 47.0 Å². The zero-order valence-electron chi connectivity index (χ0n) is 21.9. The van der Waals surface area contributed by atoms with Gasteiger partial charge in [0.15, 0.2) is 0 Å². The molecule has 1 N–H and O–H groups in total. The van der Waals surface area contributed by atoms with Crippen LogP contribution < -0.4 is 5.32 Å². The van der Waals surface area contributed by atoms with Crippen LogP contribution in [-0.2, 0) is 11.3 Å². The Morgan fingerprint density at radius 3 is 2.51 bits per heavy atom. The second-order valence-electron chi connectivity index (χ2n) is 12.0. The molecule has 0 radical (unpaired) electrons. The van der Waals surface area contributed by atoms with E-state index in [0.29, 0.717) is 13.1 Å². The number of piperidine rings is 1. The summed E-state index contributed by atoms with van der Waals surface area (Å²) in [5, 5.41) is 5.43. The number of amides is 2. The van der Waals surface area contributed by atoms with E-state index in [1.807, 2.05) is 17.9 Å². The first-order valence-corrected chi connectivity index (χ1v) is 14.5. The van der Waals surface area contributed by atoms with Crippen LogP contribution in [0.3, 0.4) is 0 Å². The predicted molar refractivity (Wildman–Crippen MR) is 143 cm³/mol. The second kappa shape index (κ2) is 9.89. The Bertz CT molecular complexity index is 1060. The monoisotopic (exact) mass is 498 g/mol. The van der Waals surface area contributed by atoms with E-state index in [4.69, 9.17) is 0 Å². The summed E-state index contributed by atoms with van der Waals surface area (Å²) in [5.74, 6) is 2.19. The number of thiophene rings is 1. The molecule has 6 nitrogen and oxygen atoms in total. The van der Waals surface area contributed by atoms with Gasteiger partial charge in [-0.05, 0) is 87.3 Å². The normalized spacial score (nSPS) is 32.1. The lowest BCUT2D eigenvalue weighted by atomic mass is 9.86. The van der Waals surface area contributed by atoms with Crippen LogP contribution >= 0.6 is 11.3 Å². The fraction of sp³-hybridized carbons (Fsp3) is 0.714. The summed E-state index contributed by atoms with van der Waals surface area (Å²) in [6, 6.07) is 4.31. The molecule has 2 aromatic rings. The number of likely N-dealkylation sites (tertiary alicyclic amines) is 1. The maximum absolute atomic E-state index is 13.9. The average Bonchev–Trinajstić information content (AvgIpc) is 3.39. The van der Waals surface area contributed by atoms with E-state index >= 15 is 0 Å². The van der Waals surface area contributed by atoms with Gasteiger partial charge < -0.3 is 19.7 Å². The molecule has 2 amide bonds. The summed E-state index contributed by atoms with van der Waals surface area (Å²) in [4.78, 5) is 32.1. The number of hydrogen-bond acceptors (Lipinski definition) is 4. The van der Waals surface area contributed by atoms with Crippen molar-refractivity contribution in [1.29, 1.82) is 0 Å². The third-order valence-corrected chi connectivity index (χ3v) is 9.54. The molecule has 35 heavy (non-hydrogen) atoms. The van der Waals surface area contributed by atoms with Crippen LogP contribution in [0.2, 0.25) is 0 Å². The highest BCUT2D eigenvalue weighted by Gasteiger charge is 2.48. The summed E-state index contributed by atoms with van der Waals surface area (Å²) >= 11 is 1.66. The summed E-state index contributed by atoms with van der Waals surface area (Å²) in [5.41, 5.74) is 0.910. The average molecular weight is 499 g/mol. The number of hydrogen-bond donors (Lipinski definition) is 1. The number of carbonyl (C=O) groups is 2. The van der Waals surface area contributed by atoms with Crippen LogP contribution in [-0.4, -0.2) is 63.9 Å². The van der Waals surface area contributed by atoms with E-state index in [9.17, 15) is 9.59 Å². The topological polar surface area (TPSA) is 57.6 Å². The van der Waals surface area contributed by atoms with Gasteiger partial charge in [-0.25, -0.2) is 0 Å².